The molecule has 6 heteroatoms. The number of hydrogen-bond acceptors (Lipinski definition) is 3. The zero-order chi connectivity index (χ0) is 13.1. The van der Waals surface area contributed by atoms with Crippen LogP contribution in [-0.2, 0) is 14.8 Å². The Bertz CT molecular complexity index is 369. The van der Waals surface area contributed by atoms with Gasteiger partial charge in [-0.2, -0.15) is 0 Å². The fourth-order valence-corrected chi connectivity index (χ4v) is 3.53. The third kappa shape index (κ3) is 2.98. The van der Waals surface area contributed by atoms with Gasteiger partial charge in [0.25, 0.3) is 0 Å². The van der Waals surface area contributed by atoms with E-state index in [1.54, 1.807) is 6.92 Å². The smallest absolute Gasteiger partial charge is 0.309 e. The molecule has 0 aromatic rings. The average molecular weight is 263 g/mol. The maximum absolute atomic E-state index is 11.7. The van der Waals surface area contributed by atoms with Gasteiger partial charge in [0.05, 0.1) is 11.2 Å². The minimum Gasteiger partial charge on any atom is -0.481 e. The lowest BCUT2D eigenvalue weighted by atomic mass is 9.75. The zero-order valence-corrected chi connectivity index (χ0v) is 11.3. The van der Waals surface area contributed by atoms with Crippen LogP contribution in [0.2, 0.25) is 0 Å². The van der Waals surface area contributed by atoms with Gasteiger partial charge >= 0.3 is 5.97 Å². The van der Waals surface area contributed by atoms with Gasteiger partial charge in [0.15, 0.2) is 0 Å². The van der Waals surface area contributed by atoms with Crippen molar-refractivity contribution in [1.29, 1.82) is 0 Å². The minimum atomic E-state index is -3.17. The first-order valence-electron chi connectivity index (χ1n) is 6.09. The van der Waals surface area contributed by atoms with Crippen LogP contribution >= 0.6 is 0 Å². The monoisotopic (exact) mass is 263 g/mol. The Kier molecular flexibility index (Phi) is 4.55. The van der Waals surface area contributed by atoms with Crippen molar-refractivity contribution in [2.45, 2.75) is 39.5 Å². The maximum Gasteiger partial charge on any atom is 0.309 e. The average Bonchev–Trinajstić information content (AvgIpc) is 2.30. The van der Waals surface area contributed by atoms with Crippen LogP contribution < -0.4 is 0 Å². The predicted molar refractivity (Wildman–Crippen MR) is 65.2 cm³/mol. The van der Waals surface area contributed by atoms with Gasteiger partial charge in [0.2, 0.25) is 10.0 Å². The van der Waals surface area contributed by atoms with E-state index in [1.165, 1.54) is 4.31 Å². The molecule has 1 aliphatic rings. The zero-order valence-electron chi connectivity index (χ0n) is 10.5. The first-order valence-corrected chi connectivity index (χ1v) is 7.70. The molecule has 0 aromatic heterocycles. The molecule has 1 saturated heterocycles. The van der Waals surface area contributed by atoms with Crippen molar-refractivity contribution < 1.29 is 18.3 Å². The molecule has 1 rings (SSSR count). The molecule has 1 N–H and O–H groups in total. The lowest BCUT2D eigenvalue weighted by molar-refractivity contribution is -0.152. The quantitative estimate of drug-likeness (QED) is 0.811. The Morgan fingerprint density at radius 1 is 1.29 bits per heavy atom. The summed E-state index contributed by atoms with van der Waals surface area (Å²) in [7, 11) is -3.17. The Balaban J connectivity index is 2.75. The van der Waals surface area contributed by atoms with Crippen molar-refractivity contribution >= 4 is 16.0 Å². The number of piperidine rings is 1. The molecule has 100 valence electrons. The van der Waals surface area contributed by atoms with Gasteiger partial charge in [0.1, 0.15) is 0 Å². The first kappa shape index (κ1) is 14.4. The highest BCUT2D eigenvalue weighted by Gasteiger charge is 2.42. The van der Waals surface area contributed by atoms with E-state index in [2.05, 4.69) is 0 Å². The number of carboxylic acid groups (broad SMARTS) is 1. The van der Waals surface area contributed by atoms with Crippen LogP contribution in [0.15, 0.2) is 0 Å². The molecule has 1 heterocycles. The third-order valence-corrected chi connectivity index (χ3v) is 5.50. The van der Waals surface area contributed by atoms with E-state index in [1.807, 2.05) is 6.92 Å². The van der Waals surface area contributed by atoms with Crippen molar-refractivity contribution in [3.8, 4) is 0 Å². The van der Waals surface area contributed by atoms with Gasteiger partial charge in [-0.05, 0) is 26.2 Å². The number of aliphatic carboxylic acids is 1. The highest BCUT2D eigenvalue weighted by molar-refractivity contribution is 7.89. The second-order valence-electron chi connectivity index (χ2n) is 4.64. The summed E-state index contributed by atoms with van der Waals surface area (Å²) in [5.41, 5.74) is -0.714. The summed E-state index contributed by atoms with van der Waals surface area (Å²) in [6.07, 6.45) is 2.29. The van der Waals surface area contributed by atoms with E-state index >= 15 is 0 Å². The van der Waals surface area contributed by atoms with Crippen molar-refractivity contribution in [1.82, 2.24) is 4.31 Å². The van der Waals surface area contributed by atoms with Crippen LogP contribution in [0.5, 0.6) is 0 Å². The Hall–Kier alpha value is -0.620. The van der Waals surface area contributed by atoms with Crippen molar-refractivity contribution in [2.24, 2.45) is 5.41 Å². The lowest BCUT2D eigenvalue weighted by Crippen LogP contribution is -2.46. The number of nitrogens with zero attached hydrogens (tertiary/aromatic N) is 1. The molecule has 0 radical (unpaired) electrons. The van der Waals surface area contributed by atoms with Gasteiger partial charge in [0, 0.05) is 13.1 Å². The van der Waals surface area contributed by atoms with Crippen LogP contribution in [0.4, 0.5) is 0 Å². The molecule has 1 fully saturated rings. The summed E-state index contributed by atoms with van der Waals surface area (Å²) in [5, 5.41) is 9.30. The molecule has 0 spiro atoms. The van der Waals surface area contributed by atoms with E-state index in [0.717, 1.165) is 6.42 Å². The molecule has 0 atom stereocenters. The SMILES string of the molecule is CCCC1(C(=O)O)CCN(S(=O)(=O)CC)CC1. The molecule has 0 aromatic carbocycles. The molecule has 0 bridgehead atoms. The van der Waals surface area contributed by atoms with Crippen LogP contribution in [0.3, 0.4) is 0 Å². The second kappa shape index (κ2) is 5.35. The van der Waals surface area contributed by atoms with Gasteiger partial charge in [-0.1, -0.05) is 13.3 Å². The summed E-state index contributed by atoms with van der Waals surface area (Å²) < 4.78 is 24.8. The molecule has 0 unspecified atom stereocenters. The van der Waals surface area contributed by atoms with E-state index < -0.39 is 21.4 Å². The Morgan fingerprint density at radius 3 is 2.18 bits per heavy atom. The first-order chi connectivity index (χ1) is 7.88. The fourth-order valence-electron chi connectivity index (χ4n) is 2.42. The highest BCUT2D eigenvalue weighted by Crippen LogP contribution is 2.37. The highest BCUT2D eigenvalue weighted by atomic mass is 32.2. The number of sulfonamides is 1. The molecular formula is C11H21NO4S. The van der Waals surface area contributed by atoms with E-state index in [0.29, 0.717) is 32.4 Å². The van der Waals surface area contributed by atoms with Gasteiger partial charge in [-0.3, -0.25) is 4.79 Å². The second-order valence-corrected chi connectivity index (χ2v) is 6.89. The summed E-state index contributed by atoms with van der Waals surface area (Å²) in [6.45, 7) is 4.24. The molecular weight excluding hydrogens is 242 g/mol. The van der Waals surface area contributed by atoms with Gasteiger partial charge in [-0.15, -0.1) is 0 Å². The topological polar surface area (TPSA) is 74.7 Å². The fraction of sp³-hybridized carbons (Fsp3) is 0.909. The molecule has 17 heavy (non-hydrogen) atoms. The number of carboxylic acids is 1. The van der Waals surface area contributed by atoms with Gasteiger partial charge < -0.3 is 5.11 Å². The van der Waals surface area contributed by atoms with E-state index in [4.69, 9.17) is 0 Å². The molecule has 0 amide bonds. The molecule has 0 saturated carbocycles. The number of rotatable bonds is 5. The van der Waals surface area contributed by atoms with Crippen molar-refractivity contribution in [2.75, 3.05) is 18.8 Å². The van der Waals surface area contributed by atoms with Crippen molar-refractivity contribution in [3.05, 3.63) is 0 Å². The van der Waals surface area contributed by atoms with Crippen LogP contribution in [-0.4, -0.2) is 42.6 Å². The molecule has 1 aliphatic heterocycles. The summed E-state index contributed by atoms with van der Waals surface area (Å²) in [5.74, 6) is -0.700. The summed E-state index contributed by atoms with van der Waals surface area (Å²) >= 11 is 0. The van der Waals surface area contributed by atoms with Crippen LogP contribution in [0, 0.1) is 5.41 Å². The third-order valence-electron chi connectivity index (χ3n) is 3.62. The van der Waals surface area contributed by atoms with Gasteiger partial charge in [-0.25, -0.2) is 12.7 Å². The van der Waals surface area contributed by atoms with Crippen LogP contribution in [0.25, 0.3) is 0 Å². The Labute approximate surface area is 103 Å². The molecule has 5 nitrogen and oxygen atoms in total. The normalized spacial score (nSPS) is 21.3. The Morgan fingerprint density at radius 2 is 1.82 bits per heavy atom. The number of hydrogen-bond donors (Lipinski definition) is 1. The largest absolute Gasteiger partial charge is 0.481 e. The van der Waals surface area contributed by atoms with E-state index in [-0.39, 0.29) is 5.75 Å². The van der Waals surface area contributed by atoms with Crippen molar-refractivity contribution in [3.63, 3.8) is 0 Å². The summed E-state index contributed by atoms with van der Waals surface area (Å²) in [4.78, 5) is 11.3. The van der Waals surface area contributed by atoms with E-state index in [9.17, 15) is 18.3 Å². The summed E-state index contributed by atoms with van der Waals surface area (Å²) in [6, 6.07) is 0. The standard InChI is InChI=1S/C11H21NO4S/c1-3-5-11(10(13)14)6-8-12(9-7-11)17(15,16)4-2/h3-9H2,1-2H3,(H,13,14). The molecule has 0 aliphatic carbocycles. The minimum absolute atomic E-state index is 0.0842. The number of carbonyl (C=O) groups is 1. The van der Waals surface area contributed by atoms with Crippen LogP contribution in [0.1, 0.15) is 39.5 Å². The predicted octanol–water partition coefficient (Wildman–Crippen LogP) is 1.30. The maximum atomic E-state index is 11.7. The lowest BCUT2D eigenvalue weighted by Gasteiger charge is -2.38.